The van der Waals surface area contributed by atoms with Crippen molar-refractivity contribution in [1.82, 2.24) is 9.78 Å². The quantitative estimate of drug-likeness (QED) is 0.711. The van der Waals surface area contributed by atoms with E-state index in [9.17, 15) is 13.2 Å². The van der Waals surface area contributed by atoms with Gasteiger partial charge in [-0.1, -0.05) is 0 Å². The number of aromatic nitrogens is 2. The summed E-state index contributed by atoms with van der Waals surface area (Å²) in [7, 11) is 1.39. The topological polar surface area (TPSA) is 53.1 Å². The molecule has 1 aromatic rings. The van der Waals surface area contributed by atoms with Crippen LogP contribution in [0.1, 0.15) is 11.4 Å². The molecular formula is C6H8F3N3O. The lowest BCUT2D eigenvalue weighted by atomic mass is 10.3. The number of hydrogen-bond donors (Lipinski definition) is 1. The molecule has 1 heterocycles. The standard InChI is InChI=1S/C6H8F3N3O/c1-12-4(3-13-10)2-5(11-12)6(7,8)9/h2H,3,10H2,1H3. The maximum Gasteiger partial charge on any atom is 0.435 e. The molecule has 7 heteroatoms. The third kappa shape index (κ3) is 2.19. The molecule has 0 bridgehead atoms. The van der Waals surface area contributed by atoms with Gasteiger partial charge in [0.1, 0.15) is 6.61 Å². The Hall–Kier alpha value is -1.08. The normalized spacial score (nSPS) is 12.1. The fourth-order valence-electron chi connectivity index (χ4n) is 0.865. The van der Waals surface area contributed by atoms with Crippen LogP contribution >= 0.6 is 0 Å². The van der Waals surface area contributed by atoms with Crippen molar-refractivity contribution in [2.75, 3.05) is 0 Å². The van der Waals surface area contributed by atoms with Crippen LogP contribution in [0.4, 0.5) is 13.2 Å². The fraction of sp³-hybridized carbons (Fsp3) is 0.500. The van der Waals surface area contributed by atoms with Gasteiger partial charge in [0.05, 0.1) is 5.69 Å². The van der Waals surface area contributed by atoms with E-state index < -0.39 is 11.9 Å². The lowest BCUT2D eigenvalue weighted by molar-refractivity contribution is -0.141. The lowest BCUT2D eigenvalue weighted by Gasteiger charge is -1.99. The Morgan fingerprint density at radius 1 is 1.62 bits per heavy atom. The molecule has 2 N–H and O–H groups in total. The summed E-state index contributed by atoms with van der Waals surface area (Å²) in [6.07, 6.45) is -4.43. The number of nitrogens with zero attached hydrogens (tertiary/aromatic N) is 2. The average Bonchev–Trinajstić information content (AvgIpc) is 2.32. The molecule has 1 aromatic heterocycles. The van der Waals surface area contributed by atoms with Crippen LogP contribution in [0.25, 0.3) is 0 Å². The Balaban J connectivity index is 2.95. The Morgan fingerprint density at radius 2 is 2.23 bits per heavy atom. The second-order valence-corrected chi connectivity index (χ2v) is 2.45. The van der Waals surface area contributed by atoms with Crippen molar-refractivity contribution in [3.8, 4) is 0 Å². The molecule has 74 valence electrons. The van der Waals surface area contributed by atoms with Gasteiger partial charge < -0.3 is 0 Å². The molecule has 0 saturated carbocycles. The summed E-state index contributed by atoms with van der Waals surface area (Å²) in [4.78, 5) is 4.21. The van der Waals surface area contributed by atoms with E-state index in [4.69, 9.17) is 5.90 Å². The molecule has 0 saturated heterocycles. The number of hydrogen-bond acceptors (Lipinski definition) is 3. The van der Waals surface area contributed by atoms with Gasteiger partial charge in [-0.25, -0.2) is 5.90 Å². The van der Waals surface area contributed by atoms with Crippen LogP contribution in [-0.4, -0.2) is 9.78 Å². The maximum atomic E-state index is 12.1. The fourth-order valence-corrected chi connectivity index (χ4v) is 0.865. The van der Waals surface area contributed by atoms with E-state index in [0.717, 1.165) is 10.7 Å². The van der Waals surface area contributed by atoms with Crippen LogP contribution in [0.5, 0.6) is 0 Å². The summed E-state index contributed by atoms with van der Waals surface area (Å²) in [6, 6.07) is 0.896. The zero-order valence-corrected chi connectivity index (χ0v) is 6.80. The summed E-state index contributed by atoms with van der Waals surface area (Å²) < 4.78 is 37.3. The van der Waals surface area contributed by atoms with Gasteiger partial charge in [-0.15, -0.1) is 0 Å². The average molecular weight is 195 g/mol. The Morgan fingerprint density at radius 3 is 2.62 bits per heavy atom. The predicted molar refractivity (Wildman–Crippen MR) is 37.2 cm³/mol. The highest BCUT2D eigenvalue weighted by atomic mass is 19.4. The van der Waals surface area contributed by atoms with Crippen molar-refractivity contribution in [2.24, 2.45) is 12.9 Å². The van der Waals surface area contributed by atoms with Gasteiger partial charge in [-0.05, 0) is 6.07 Å². The first kappa shape index (κ1) is 10.0. The highest BCUT2D eigenvalue weighted by Crippen LogP contribution is 2.28. The number of nitrogens with two attached hydrogens (primary N) is 1. The van der Waals surface area contributed by atoms with Crippen LogP contribution in [0, 0.1) is 0 Å². The first-order valence-electron chi connectivity index (χ1n) is 3.37. The molecule has 1 rings (SSSR count). The van der Waals surface area contributed by atoms with E-state index in [0.29, 0.717) is 0 Å². The maximum absolute atomic E-state index is 12.1. The minimum atomic E-state index is -4.43. The number of rotatable bonds is 2. The molecule has 4 nitrogen and oxygen atoms in total. The van der Waals surface area contributed by atoms with E-state index in [2.05, 4.69) is 9.94 Å². The highest BCUT2D eigenvalue weighted by Gasteiger charge is 2.34. The van der Waals surface area contributed by atoms with Crippen molar-refractivity contribution < 1.29 is 18.0 Å². The zero-order valence-electron chi connectivity index (χ0n) is 6.80. The third-order valence-electron chi connectivity index (χ3n) is 1.50. The van der Waals surface area contributed by atoms with Crippen molar-refractivity contribution >= 4 is 0 Å². The summed E-state index contributed by atoms with van der Waals surface area (Å²) in [5.41, 5.74) is -0.670. The van der Waals surface area contributed by atoms with E-state index in [1.807, 2.05) is 0 Å². The second kappa shape index (κ2) is 3.35. The molecule has 0 atom stereocenters. The Labute approximate surface area is 72.0 Å². The number of aryl methyl sites for hydroxylation is 1. The van der Waals surface area contributed by atoms with Gasteiger partial charge in [0.15, 0.2) is 5.69 Å². The van der Waals surface area contributed by atoms with Gasteiger partial charge in [0.2, 0.25) is 0 Å². The van der Waals surface area contributed by atoms with Gasteiger partial charge in [-0.2, -0.15) is 18.3 Å². The van der Waals surface area contributed by atoms with Crippen LogP contribution in [0.3, 0.4) is 0 Å². The zero-order chi connectivity index (χ0) is 10.1. The van der Waals surface area contributed by atoms with Crippen LogP contribution < -0.4 is 5.90 Å². The Kier molecular flexibility index (Phi) is 2.58. The van der Waals surface area contributed by atoms with Crippen molar-refractivity contribution in [1.29, 1.82) is 0 Å². The number of alkyl halides is 3. The summed E-state index contributed by atoms with van der Waals surface area (Å²) in [6.45, 7) is -0.0976. The summed E-state index contributed by atoms with van der Waals surface area (Å²) >= 11 is 0. The van der Waals surface area contributed by atoms with Crippen LogP contribution in [-0.2, 0) is 24.7 Å². The van der Waals surface area contributed by atoms with E-state index >= 15 is 0 Å². The van der Waals surface area contributed by atoms with E-state index in [-0.39, 0.29) is 12.3 Å². The smallest absolute Gasteiger partial charge is 0.298 e. The summed E-state index contributed by atoms with van der Waals surface area (Å²) in [5.74, 6) is 4.73. The Bertz CT molecular complexity index is 294. The van der Waals surface area contributed by atoms with Crippen molar-refractivity contribution in [3.63, 3.8) is 0 Å². The van der Waals surface area contributed by atoms with Gasteiger partial charge in [0, 0.05) is 7.05 Å². The van der Waals surface area contributed by atoms with Crippen molar-refractivity contribution in [2.45, 2.75) is 12.8 Å². The molecule has 0 aliphatic rings. The molecule has 0 unspecified atom stereocenters. The minimum absolute atomic E-state index is 0.0976. The first-order valence-corrected chi connectivity index (χ1v) is 3.37. The molecule has 13 heavy (non-hydrogen) atoms. The van der Waals surface area contributed by atoms with E-state index in [1.165, 1.54) is 7.05 Å². The predicted octanol–water partition coefficient (Wildman–Crippen LogP) is 0.829. The molecule has 0 fully saturated rings. The second-order valence-electron chi connectivity index (χ2n) is 2.45. The number of halogens is 3. The molecule has 0 spiro atoms. The SMILES string of the molecule is Cn1nc(C(F)(F)F)cc1CON. The highest BCUT2D eigenvalue weighted by molar-refractivity contribution is 5.12. The third-order valence-corrected chi connectivity index (χ3v) is 1.50. The molecule has 0 amide bonds. The molecule has 0 radical (unpaired) electrons. The minimum Gasteiger partial charge on any atom is -0.298 e. The van der Waals surface area contributed by atoms with Crippen LogP contribution in [0.2, 0.25) is 0 Å². The van der Waals surface area contributed by atoms with Crippen LogP contribution in [0.15, 0.2) is 6.07 Å². The van der Waals surface area contributed by atoms with Gasteiger partial charge in [-0.3, -0.25) is 9.52 Å². The van der Waals surface area contributed by atoms with E-state index in [1.54, 1.807) is 0 Å². The molecule has 0 aliphatic heterocycles. The molecular weight excluding hydrogens is 187 g/mol. The van der Waals surface area contributed by atoms with Gasteiger partial charge >= 0.3 is 6.18 Å². The first-order chi connectivity index (χ1) is 5.95. The van der Waals surface area contributed by atoms with Gasteiger partial charge in [0.25, 0.3) is 0 Å². The lowest BCUT2D eigenvalue weighted by Crippen LogP contribution is -2.06. The van der Waals surface area contributed by atoms with Crippen molar-refractivity contribution in [3.05, 3.63) is 17.5 Å². The summed E-state index contributed by atoms with van der Waals surface area (Å²) in [5, 5.41) is 3.26. The molecule has 0 aromatic carbocycles. The monoisotopic (exact) mass is 195 g/mol. The molecule has 0 aliphatic carbocycles. The largest absolute Gasteiger partial charge is 0.435 e.